The van der Waals surface area contributed by atoms with E-state index in [9.17, 15) is 14.7 Å². The summed E-state index contributed by atoms with van der Waals surface area (Å²) in [5.74, 6) is 1.46. The molecule has 0 radical (unpaired) electrons. The molecule has 3 aliphatic rings. The van der Waals surface area contributed by atoms with Crippen molar-refractivity contribution in [2.24, 2.45) is 0 Å². The number of nitrogens with zero attached hydrogens (tertiary/aromatic N) is 4. The van der Waals surface area contributed by atoms with Gasteiger partial charge in [0.15, 0.2) is 17.0 Å². The molecule has 182 valence electrons. The van der Waals surface area contributed by atoms with E-state index in [-0.39, 0.29) is 11.4 Å². The van der Waals surface area contributed by atoms with Gasteiger partial charge in [0, 0.05) is 31.4 Å². The number of likely N-dealkylation sites (tertiary alicyclic amines) is 1. The average molecular weight is 479 g/mol. The van der Waals surface area contributed by atoms with Crippen molar-refractivity contribution in [2.45, 2.75) is 44.2 Å². The van der Waals surface area contributed by atoms with Crippen LogP contribution in [0.5, 0.6) is 5.75 Å². The molecule has 3 N–H and O–H groups in total. The second kappa shape index (κ2) is 7.49. The first-order valence-corrected chi connectivity index (χ1v) is 11.7. The highest BCUT2D eigenvalue weighted by atomic mass is 16.5. The second-order valence-electron chi connectivity index (χ2n) is 9.80. The third-order valence-electron chi connectivity index (χ3n) is 7.28. The summed E-state index contributed by atoms with van der Waals surface area (Å²) in [7, 11) is 0. The molecule has 0 saturated carbocycles. The molecular weight excluding hydrogens is 452 g/mol. The molecule has 2 saturated heterocycles. The molecule has 35 heavy (non-hydrogen) atoms. The predicted octanol–water partition coefficient (Wildman–Crippen LogP) is 3.80. The number of anilines is 4. The fraction of sp³-hybridized carbons (Fsp3) is 0.417. The Kier molecular flexibility index (Phi) is 4.60. The van der Waals surface area contributed by atoms with Crippen LogP contribution in [0.2, 0.25) is 0 Å². The molecule has 0 atom stereocenters. The van der Waals surface area contributed by atoms with Crippen molar-refractivity contribution in [3.8, 4) is 5.75 Å². The molecule has 2 fully saturated rings. The van der Waals surface area contributed by atoms with Crippen LogP contribution in [0.3, 0.4) is 0 Å². The van der Waals surface area contributed by atoms with Gasteiger partial charge < -0.3 is 34.7 Å². The number of hydrogen-bond donors (Lipinski definition) is 3. The van der Waals surface area contributed by atoms with Gasteiger partial charge >= 0.3 is 6.09 Å². The molecule has 2 amide bonds. The number of aromatic nitrogens is 2. The largest absolute Gasteiger partial charge is 0.476 e. The molecule has 0 bridgehead atoms. The third kappa shape index (κ3) is 3.49. The summed E-state index contributed by atoms with van der Waals surface area (Å²) < 4.78 is 11.5. The molecule has 5 heterocycles. The van der Waals surface area contributed by atoms with E-state index in [1.807, 2.05) is 6.07 Å². The van der Waals surface area contributed by atoms with Gasteiger partial charge in [-0.2, -0.15) is 4.98 Å². The van der Waals surface area contributed by atoms with E-state index < -0.39 is 11.7 Å². The molecule has 3 aromatic rings. The summed E-state index contributed by atoms with van der Waals surface area (Å²) in [4.78, 5) is 36.9. The van der Waals surface area contributed by atoms with E-state index >= 15 is 0 Å². The zero-order valence-electron chi connectivity index (χ0n) is 19.5. The third-order valence-corrected chi connectivity index (χ3v) is 7.28. The molecule has 0 aliphatic carbocycles. The van der Waals surface area contributed by atoms with Crippen molar-refractivity contribution in [1.29, 1.82) is 0 Å². The number of furan rings is 1. The van der Waals surface area contributed by atoms with Crippen LogP contribution < -0.4 is 20.3 Å². The first-order chi connectivity index (χ1) is 16.7. The summed E-state index contributed by atoms with van der Waals surface area (Å²) in [6, 6.07) is 7.22. The number of amides is 2. The first-order valence-electron chi connectivity index (χ1n) is 11.7. The van der Waals surface area contributed by atoms with Crippen LogP contribution in [0, 0.1) is 0 Å². The van der Waals surface area contributed by atoms with Crippen LogP contribution >= 0.6 is 0 Å². The van der Waals surface area contributed by atoms with Gasteiger partial charge in [0.1, 0.15) is 11.3 Å². The standard InChI is InChI=1S/C24H26N6O5/c1-23(2)20(31)26-16-13-14(3-4-17(16)35-23)25-21-27-15-5-12-34-18(15)19(28-21)29-9-6-24(7-10-29)8-11-30(24)22(32)33/h3-5,12-13H,6-11H2,1-2H3,(H,26,31)(H,32,33)(H,25,27,28). The Bertz CT molecular complexity index is 1340. The molecule has 1 spiro atoms. The molecule has 2 aromatic heterocycles. The Hall–Kier alpha value is -4.02. The lowest BCUT2D eigenvalue weighted by Gasteiger charge is -2.55. The van der Waals surface area contributed by atoms with Crippen LogP contribution in [0.4, 0.5) is 27.9 Å². The number of benzene rings is 1. The normalized spacial score (nSPS) is 20.1. The summed E-state index contributed by atoms with van der Waals surface area (Å²) in [6.45, 7) is 5.39. The number of carboxylic acid groups (broad SMARTS) is 1. The van der Waals surface area contributed by atoms with Gasteiger partial charge in [0.2, 0.25) is 5.95 Å². The van der Waals surface area contributed by atoms with Crippen LogP contribution in [0.1, 0.15) is 33.1 Å². The lowest BCUT2D eigenvalue weighted by molar-refractivity contribution is -0.129. The minimum Gasteiger partial charge on any atom is -0.476 e. The lowest BCUT2D eigenvalue weighted by atomic mass is 9.76. The Morgan fingerprint density at radius 1 is 1.14 bits per heavy atom. The van der Waals surface area contributed by atoms with Crippen molar-refractivity contribution in [2.75, 3.05) is 35.2 Å². The molecule has 11 heteroatoms. The highest BCUT2D eigenvalue weighted by molar-refractivity contribution is 6.00. The maximum Gasteiger partial charge on any atom is 0.407 e. The maximum atomic E-state index is 12.3. The van der Waals surface area contributed by atoms with Gasteiger partial charge in [0.25, 0.3) is 5.91 Å². The van der Waals surface area contributed by atoms with Gasteiger partial charge in [-0.15, -0.1) is 0 Å². The van der Waals surface area contributed by atoms with E-state index in [0.717, 1.165) is 19.3 Å². The Morgan fingerprint density at radius 2 is 1.91 bits per heavy atom. The average Bonchev–Trinajstić information content (AvgIpc) is 3.27. The quantitative estimate of drug-likeness (QED) is 0.514. The van der Waals surface area contributed by atoms with Crippen LogP contribution in [0.15, 0.2) is 34.9 Å². The number of hydrogen-bond acceptors (Lipinski definition) is 8. The minimum absolute atomic E-state index is 0.212. The van der Waals surface area contributed by atoms with Crippen molar-refractivity contribution < 1.29 is 23.8 Å². The Balaban J connectivity index is 1.25. The number of ether oxygens (including phenoxy) is 1. The monoisotopic (exact) mass is 478 g/mol. The SMILES string of the molecule is CC1(C)Oc2ccc(Nc3nc(N4CCC5(CC4)CCN5C(=O)O)c4occc4n3)cc2NC1=O. The number of rotatable bonds is 3. The highest BCUT2D eigenvalue weighted by Gasteiger charge is 2.49. The second-order valence-corrected chi connectivity index (χ2v) is 9.80. The maximum absolute atomic E-state index is 12.3. The molecule has 0 unspecified atom stereocenters. The summed E-state index contributed by atoms with van der Waals surface area (Å²) in [6.07, 6.45) is 3.13. The Labute approximate surface area is 201 Å². The van der Waals surface area contributed by atoms with Crippen LogP contribution in [-0.2, 0) is 4.79 Å². The number of carbonyl (C=O) groups excluding carboxylic acids is 1. The number of nitrogens with one attached hydrogen (secondary N) is 2. The van der Waals surface area contributed by atoms with Gasteiger partial charge in [-0.3, -0.25) is 4.79 Å². The van der Waals surface area contributed by atoms with Crippen LogP contribution in [0.25, 0.3) is 11.1 Å². The van der Waals surface area contributed by atoms with Gasteiger partial charge in [-0.1, -0.05) is 0 Å². The van der Waals surface area contributed by atoms with E-state index in [4.69, 9.17) is 14.1 Å². The van der Waals surface area contributed by atoms with E-state index in [1.165, 1.54) is 0 Å². The highest BCUT2D eigenvalue weighted by Crippen LogP contribution is 2.42. The van der Waals surface area contributed by atoms with E-state index in [2.05, 4.69) is 20.5 Å². The van der Waals surface area contributed by atoms with Gasteiger partial charge in [0.05, 0.1) is 17.5 Å². The topological polar surface area (TPSA) is 133 Å². The van der Waals surface area contributed by atoms with Gasteiger partial charge in [-0.25, -0.2) is 9.78 Å². The molecule has 1 aromatic carbocycles. The van der Waals surface area contributed by atoms with E-state index in [0.29, 0.717) is 59.6 Å². The number of carbonyl (C=O) groups is 2. The lowest BCUT2D eigenvalue weighted by Crippen LogP contribution is -2.65. The molecule has 3 aliphatic heterocycles. The van der Waals surface area contributed by atoms with E-state index in [1.54, 1.807) is 43.2 Å². The smallest absolute Gasteiger partial charge is 0.407 e. The first kappa shape index (κ1) is 21.5. The zero-order chi connectivity index (χ0) is 24.4. The fourth-order valence-corrected chi connectivity index (χ4v) is 5.13. The zero-order valence-corrected chi connectivity index (χ0v) is 19.5. The minimum atomic E-state index is -0.930. The molecule has 11 nitrogen and oxygen atoms in total. The summed E-state index contributed by atoms with van der Waals surface area (Å²) in [5, 5.41) is 15.6. The molecular formula is C24H26N6O5. The van der Waals surface area contributed by atoms with Gasteiger partial charge in [-0.05, 0) is 51.3 Å². The van der Waals surface area contributed by atoms with Crippen molar-refractivity contribution in [3.05, 3.63) is 30.5 Å². The number of fused-ring (bicyclic) bond motifs is 2. The summed E-state index contributed by atoms with van der Waals surface area (Å²) in [5.41, 5.74) is 1.36. The molecule has 6 rings (SSSR count). The fourth-order valence-electron chi connectivity index (χ4n) is 5.13. The predicted molar refractivity (Wildman–Crippen MR) is 128 cm³/mol. The van der Waals surface area contributed by atoms with Crippen molar-refractivity contribution in [3.63, 3.8) is 0 Å². The van der Waals surface area contributed by atoms with Crippen molar-refractivity contribution in [1.82, 2.24) is 14.9 Å². The van der Waals surface area contributed by atoms with Crippen molar-refractivity contribution >= 4 is 46.2 Å². The van der Waals surface area contributed by atoms with Crippen LogP contribution in [-0.4, -0.2) is 62.7 Å². The Morgan fingerprint density at radius 3 is 2.63 bits per heavy atom. The summed E-state index contributed by atoms with van der Waals surface area (Å²) >= 11 is 0. The number of piperidine rings is 1.